The van der Waals surface area contributed by atoms with Crippen molar-refractivity contribution in [2.75, 3.05) is 19.5 Å². The van der Waals surface area contributed by atoms with Crippen LogP contribution >= 0.6 is 22.9 Å². The smallest absolute Gasteiger partial charge is 0.347 e. The topological polar surface area (TPSA) is 80.7 Å². The third kappa shape index (κ3) is 3.26. The van der Waals surface area contributed by atoms with Crippen LogP contribution in [0.1, 0.15) is 22.3 Å². The highest BCUT2D eigenvalue weighted by molar-refractivity contribution is 7.17. The maximum absolute atomic E-state index is 11.2. The van der Waals surface area contributed by atoms with E-state index in [1.54, 1.807) is 12.1 Å². The van der Waals surface area contributed by atoms with E-state index in [0.717, 1.165) is 11.3 Å². The summed E-state index contributed by atoms with van der Waals surface area (Å²) < 4.78 is 10.4. The number of benzene rings is 1. The Bertz CT molecular complexity index is 702. The summed E-state index contributed by atoms with van der Waals surface area (Å²) >= 11 is 7.13. The van der Waals surface area contributed by atoms with E-state index in [0.29, 0.717) is 39.5 Å². The van der Waals surface area contributed by atoms with Crippen molar-refractivity contribution in [3.8, 4) is 11.5 Å². The zero-order chi connectivity index (χ0) is 16.3. The second-order valence-corrected chi connectivity index (χ2v) is 5.67. The fourth-order valence-corrected chi connectivity index (χ4v) is 3.02. The lowest BCUT2D eigenvalue weighted by atomic mass is 10.2. The Labute approximate surface area is 136 Å². The number of aromatic nitrogens is 1. The number of thiazole rings is 1. The van der Waals surface area contributed by atoms with Crippen LogP contribution in [0.15, 0.2) is 12.1 Å². The number of carbonyl (C=O) groups is 1. The minimum atomic E-state index is -0.983. The summed E-state index contributed by atoms with van der Waals surface area (Å²) in [6.07, 6.45) is 0.543. The van der Waals surface area contributed by atoms with Crippen LogP contribution in [0.3, 0.4) is 0 Å². The van der Waals surface area contributed by atoms with Crippen LogP contribution in [-0.4, -0.2) is 30.3 Å². The van der Waals surface area contributed by atoms with Gasteiger partial charge in [-0.25, -0.2) is 9.78 Å². The fraction of sp³-hybridized carbons (Fsp3) is 0.286. The molecule has 2 aromatic rings. The first-order valence-corrected chi connectivity index (χ1v) is 7.61. The van der Waals surface area contributed by atoms with Gasteiger partial charge in [0.15, 0.2) is 5.13 Å². The number of carboxylic acid groups (broad SMARTS) is 1. The van der Waals surface area contributed by atoms with Crippen LogP contribution < -0.4 is 14.8 Å². The van der Waals surface area contributed by atoms with Crippen molar-refractivity contribution in [1.82, 2.24) is 4.98 Å². The number of aromatic carboxylic acids is 1. The lowest BCUT2D eigenvalue weighted by Gasteiger charge is -2.12. The lowest BCUT2D eigenvalue weighted by Crippen LogP contribution is -1.97. The van der Waals surface area contributed by atoms with Crippen molar-refractivity contribution in [3.63, 3.8) is 0 Å². The second kappa shape index (κ2) is 6.85. The van der Waals surface area contributed by atoms with Gasteiger partial charge in [-0.15, -0.1) is 0 Å². The van der Waals surface area contributed by atoms with E-state index >= 15 is 0 Å². The van der Waals surface area contributed by atoms with E-state index in [1.165, 1.54) is 14.2 Å². The molecule has 0 spiro atoms. The molecular weight excluding hydrogens is 328 g/mol. The summed E-state index contributed by atoms with van der Waals surface area (Å²) in [6.45, 7) is 1.86. The van der Waals surface area contributed by atoms with Crippen LogP contribution in [0.25, 0.3) is 0 Å². The molecule has 0 aliphatic carbocycles. The van der Waals surface area contributed by atoms with Gasteiger partial charge in [0.1, 0.15) is 16.4 Å². The number of halogens is 1. The van der Waals surface area contributed by atoms with Crippen molar-refractivity contribution >= 4 is 39.7 Å². The first-order chi connectivity index (χ1) is 10.5. The number of anilines is 2. The highest BCUT2D eigenvalue weighted by atomic mass is 35.5. The zero-order valence-electron chi connectivity index (χ0n) is 12.3. The molecule has 0 unspecified atom stereocenters. The number of hydrogen-bond donors (Lipinski definition) is 2. The van der Waals surface area contributed by atoms with Gasteiger partial charge >= 0.3 is 5.97 Å². The highest BCUT2D eigenvalue weighted by Gasteiger charge is 2.17. The number of hydrogen-bond acceptors (Lipinski definition) is 6. The molecule has 0 saturated heterocycles. The van der Waals surface area contributed by atoms with E-state index in [4.69, 9.17) is 21.1 Å². The molecule has 1 heterocycles. The van der Waals surface area contributed by atoms with Crippen molar-refractivity contribution in [2.24, 2.45) is 0 Å². The Morgan fingerprint density at radius 1 is 1.36 bits per heavy atom. The van der Waals surface area contributed by atoms with Gasteiger partial charge in [-0.05, 0) is 6.42 Å². The first-order valence-electron chi connectivity index (χ1n) is 6.41. The van der Waals surface area contributed by atoms with Gasteiger partial charge in [0, 0.05) is 12.1 Å². The Morgan fingerprint density at radius 2 is 2.05 bits per heavy atom. The molecule has 8 heteroatoms. The van der Waals surface area contributed by atoms with Crippen LogP contribution in [0.4, 0.5) is 10.8 Å². The molecular formula is C14H15ClN2O4S. The Balaban J connectivity index is 2.40. The fourth-order valence-electron chi connectivity index (χ4n) is 1.89. The molecule has 0 amide bonds. The monoisotopic (exact) mass is 342 g/mol. The number of aryl methyl sites for hydroxylation is 1. The van der Waals surface area contributed by atoms with Gasteiger partial charge in [-0.3, -0.25) is 0 Å². The summed E-state index contributed by atoms with van der Waals surface area (Å²) in [6, 6.07) is 3.30. The van der Waals surface area contributed by atoms with Gasteiger partial charge in [-0.1, -0.05) is 29.9 Å². The molecule has 0 aliphatic heterocycles. The third-order valence-corrected chi connectivity index (χ3v) is 4.24. The average molecular weight is 343 g/mol. The van der Waals surface area contributed by atoms with Crippen molar-refractivity contribution in [2.45, 2.75) is 13.3 Å². The van der Waals surface area contributed by atoms with E-state index in [-0.39, 0.29) is 4.88 Å². The van der Waals surface area contributed by atoms with Crippen LogP contribution in [0.5, 0.6) is 11.5 Å². The maximum atomic E-state index is 11.2. The molecule has 1 aromatic carbocycles. The molecule has 6 nitrogen and oxygen atoms in total. The lowest BCUT2D eigenvalue weighted by molar-refractivity contribution is 0.0701. The third-order valence-electron chi connectivity index (χ3n) is 2.94. The standard InChI is InChI=1S/C14H15ClN2O4S/c1-4-8-12(13(18)19)22-14(16-8)17-9-6-10(20-2)7(15)5-11(9)21-3/h5-6H,4H2,1-3H3,(H,16,17)(H,18,19). The van der Waals surface area contributed by atoms with E-state index in [2.05, 4.69) is 10.3 Å². The second-order valence-electron chi connectivity index (χ2n) is 4.27. The van der Waals surface area contributed by atoms with Crippen LogP contribution in [0.2, 0.25) is 5.02 Å². The summed E-state index contributed by atoms with van der Waals surface area (Å²) in [5, 5.41) is 13.1. The SMILES string of the molecule is CCc1nc(Nc2cc(OC)c(Cl)cc2OC)sc1C(=O)O. The molecule has 0 saturated carbocycles. The van der Waals surface area contributed by atoms with Crippen molar-refractivity contribution in [3.05, 3.63) is 27.7 Å². The summed E-state index contributed by atoms with van der Waals surface area (Å²) in [5.41, 5.74) is 1.14. The van der Waals surface area contributed by atoms with Crippen molar-refractivity contribution < 1.29 is 19.4 Å². The van der Waals surface area contributed by atoms with Gasteiger partial charge < -0.3 is 19.9 Å². The normalized spacial score (nSPS) is 10.4. The molecule has 1 aromatic heterocycles. The number of carboxylic acids is 1. The van der Waals surface area contributed by atoms with Gasteiger partial charge in [0.2, 0.25) is 0 Å². The molecule has 0 aliphatic rings. The van der Waals surface area contributed by atoms with Gasteiger partial charge in [0.25, 0.3) is 0 Å². The predicted octanol–water partition coefficient (Wildman–Crippen LogP) is 3.82. The predicted molar refractivity (Wildman–Crippen MR) is 86.3 cm³/mol. The van der Waals surface area contributed by atoms with E-state index < -0.39 is 5.97 Å². The number of nitrogens with zero attached hydrogens (tertiary/aromatic N) is 1. The average Bonchev–Trinajstić information content (AvgIpc) is 2.91. The van der Waals surface area contributed by atoms with Crippen molar-refractivity contribution in [1.29, 1.82) is 0 Å². The Hall–Kier alpha value is -1.99. The molecule has 0 bridgehead atoms. The molecule has 0 atom stereocenters. The minimum absolute atomic E-state index is 0.227. The molecule has 2 N–H and O–H groups in total. The zero-order valence-corrected chi connectivity index (χ0v) is 13.8. The number of nitrogens with one attached hydrogen (secondary N) is 1. The van der Waals surface area contributed by atoms with E-state index in [1.807, 2.05) is 6.92 Å². The highest BCUT2D eigenvalue weighted by Crippen LogP contribution is 2.38. The molecule has 22 heavy (non-hydrogen) atoms. The van der Waals surface area contributed by atoms with Crippen LogP contribution in [-0.2, 0) is 6.42 Å². The molecule has 0 fully saturated rings. The van der Waals surface area contributed by atoms with Gasteiger partial charge in [0.05, 0.1) is 30.6 Å². The summed E-state index contributed by atoms with van der Waals surface area (Å²) in [4.78, 5) is 15.7. The van der Waals surface area contributed by atoms with Gasteiger partial charge in [-0.2, -0.15) is 0 Å². The van der Waals surface area contributed by atoms with Crippen LogP contribution in [0, 0.1) is 0 Å². The summed E-state index contributed by atoms with van der Waals surface area (Å²) in [5.74, 6) is 0.00895. The summed E-state index contributed by atoms with van der Waals surface area (Å²) in [7, 11) is 3.03. The quantitative estimate of drug-likeness (QED) is 0.830. The number of ether oxygens (including phenoxy) is 2. The molecule has 2 rings (SSSR count). The number of rotatable bonds is 6. The van der Waals surface area contributed by atoms with E-state index in [9.17, 15) is 9.90 Å². The largest absolute Gasteiger partial charge is 0.495 e. The minimum Gasteiger partial charge on any atom is -0.495 e. The number of methoxy groups -OCH3 is 2. The molecule has 0 radical (unpaired) electrons. The first kappa shape index (κ1) is 16.4. The Morgan fingerprint density at radius 3 is 2.55 bits per heavy atom. The molecule has 118 valence electrons. The Kier molecular flexibility index (Phi) is 5.10. The maximum Gasteiger partial charge on any atom is 0.347 e.